The zero-order valence-corrected chi connectivity index (χ0v) is 21.2. The minimum absolute atomic E-state index is 0. The molecule has 4 aromatic carbocycles. The number of para-hydroxylation sites is 1. The van der Waals surface area contributed by atoms with Gasteiger partial charge in [0.1, 0.15) is 11.9 Å². The second-order valence-electron chi connectivity index (χ2n) is 9.14. The maximum Gasteiger partial charge on any atom is 0.341 e. The van der Waals surface area contributed by atoms with Crippen LogP contribution in [0.5, 0.6) is 11.5 Å². The van der Waals surface area contributed by atoms with Crippen molar-refractivity contribution in [3.05, 3.63) is 107 Å². The quantitative estimate of drug-likeness (QED) is 0.277. The van der Waals surface area contributed by atoms with Crippen LogP contribution in [0.2, 0.25) is 0 Å². The van der Waals surface area contributed by atoms with Crippen molar-refractivity contribution in [2.45, 2.75) is 31.4 Å². The molecule has 1 aliphatic heterocycles. The van der Waals surface area contributed by atoms with Gasteiger partial charge in [-0.05, 0) is 53.4 Å². The highest BCUT2D eigenvalue weighted by Gasteiger charge is 2.30. The minimum atomic E-state index is -1.15. The normalized spacial score (nSPS) is 17.2. The summed E-state index contributed by atoms with van der Waals surface area (Å²) >= 11 is 0. The standard InChI is InChI=1S/C30H28FNO4.ClH/c1-19(23-11-6-8-20-7-2-3-9-24(20)23)32-17-22-16-26(25-10-4-5-12-28(25)36-22)21-13-14-27(31)29(15-21)35-18-30(33)34;/h2-15,19,22,26,32H,16-18H2,1H3,(H,33,34);1H/t19-,22-,26-;/m1./s1. The van der Waals surface area contributed by atoms with Gasteiger partial charge in [0, 0.05) is 24.1 Å². The molecule has 37 heavy (non-hydrogen) atoms. The second kappa shape index (κ2) is 11.6. The van der Waals surface area contributed by atoms with Gasteiger partial charge in [0.2, 0.25) is 0 Å². The van der Waals surface area contributed by atoms with Crippen molar-refractivity contribution < 1.29 is 23.8 Å². The number of ether oxygens (including phenoxy) is 2. The van der Waals surface area contributed by atoms with Crippen LogP contribution in [-0.2, 0) is 4.79 Å². The summed E-state index contributed by atoms with van der Waals surface area (Å²) in [5.74, 6) is -1.03. The Kier molecular flexibility index (Phi) is 8.31. The Hall–Kier alpha value is -3.61. The first-order valence-corrected chi connectivity index (χ1v) is 12.1. The highest BCUT2D eigenvalue weighted by molar-refractivity contribution is 5.86. The Labute approximate surface area is 221 Å². The molecule has 0 aromatic heterocycles. The van der Waals surface area contributed by atoms with E-state index in [1.807, 2.05) is 30.3 Å². The summed E-state index contributed by atoms with van der Waals surface area (Å²) in [5.41, 5.74) is 3.12. The number of halogens is 2. The molecule has 0 unspecified atom stereocenters. The van der Waals surface area contributed by atoms with Crippen LogP contribution in [0.15, 0.2) is 84.9 Å². The Morgan fingerprint density at radius 2 is 1.84 bits per heavy atom. The number of carbonyl (C=O) groups is 1. The summed E-state index contributed by atoms with van der Waals surface area (Å²) < 4.78 is 25.8. The lowest BCUT2D eigenvalue weighted by atomic mass is 9.84. The van der Waals surface area contributed by atoms with Gasteiger partial charge in [-0.1, -0.05) is 66.7 Å². The van der Waals surface area contributed by atoms with E-state index in [1.165, 1.54) is 22.4 Å². The molecule has 7 heteroatoms. The van der Waals surface area contributed by atoms with E-state index in [1.54, 1.807) is 12.1 Å². The fourth-order valence-electron chi connectivity index (χ4n) is 4.97. The van der Waals surface area contributed by atoms with Crippen molar-refractivity contribution in [2.75, 3.05) is 13.2 Å². The van der Waals surface area contributed by atoms with Crippen LogP contribution in [-0.4, -0.2) is 30.3 Å². The zero-order chi connectivity index (χ0) is 25.1. The van der Waals surface area contributed by atoms with Crippen molar-refractivity contribution in [3.8, 4) is 11.5 Å². The molecule has 0 bridgehead atoms. The second-order valence-corrected chi connectivity index (χ2v) is 9.14. The van der Waals surface area contributed by atoms with E-state index in [4.69, 9.17) is 14.6 Å². The molecule has 5 nitrogen and oxygen atoms in total. The third-order valence-electron chi connectivity index (χ3n) is 6.74. The van der Waals surface area contributed by atoms with Crippen LogP contribution < -0.4 is 14.8 Å². The van der Waals surface area contributed by atoms with Gasteiger partial charge in [0.25, 0.3) is 0 Å². The van der Waals surface area contributed by atoms with Crippen LogP contribution in [0, 0.1) is 5.82 Å². The van der Waals surface area contributed by atoms with E-state index in [0.717, 1.165) is 16.9 Å². The Morgan fingerprint density at radius 1 is 1.08 bits per heavy atom. The molecule has 3 atom stereocenters. The molecule has 0 saturated carbocycles. The molecule has 5 rings (SSSR count). The van der Waals surface area contributed by atoms with Crippen molar-refractivity contribution in [2.24, 2.45) is 0 Å². The fraction of sp³-hybridized carbons (Fsp3) is 0.233. The van der Waals surface area contributed by atoms with E-state index in [2.05, 4.69) is 48.6 Å². The molecule has 0 aliphatic carbocycles. The first kappa shape index (κ1) is 26.5. The van der Waals surface area contributed by atoms with Gasteiger partial charge >= 0.3 is 5.97 Å². The van der Waals surface area contributed by atoms with Crippen LogP contribution in [0.1, 0.15) is 42.0 Å². The number of carboxylic acid groups (broad SMARTS) is 1. The van der Waals surface area contributed by atoms with Crippen molar-refractivity contribution in [1.82, 2.24) is 5.32 Å². The molecule has 1 aliphatic rings. The number of fused-ring (bicyclic) bond motifs is 2. The summed E-state index contributed by atoms with van der Waals surface area (Å²) in [6.07, 6.45) is 0.590. The third-order valence-corrected chi connectivity index (χ3v) is 6.74. The molecular weight excluding hydrogens is 493 g/mol. The summed E-state index contributed by atoms with van der Waals surface area (Å²) in [7, 11) is 0. The lowest BCUT2D eigenvalue weighted by molar-refractivity contribution is -0.139. The highest BCUT2D eigenvalue weighted by Crippen LogP contribution is 2.41. The molecule has 2 N–H and O–H groups in total. The number of carboxylic acids is 1. The average Bonchev–Trinajstić information content (AvgIpc) is 2.90. The van der Waals surface area contributed by atoms with Gasteiger partial charge in [0.15, 0.2) is 18.2 Å². The van der Waals surface area contributed by atoms with Crippen LogP contribution in [0.4, 0.5) is 4.39 Å². The number of nitrogens with one attached hydrogen (secondary N) is 1. The number of hydrogen-bond acceptors (Lipinski definition) is 4. The van der Waals surface area contributed by atoms with E-state index in [-0.39, 0.29) is 36.2 Å². The Morgan fingerprint density at radius 3 is 2.68 bits per heavy atom. The van der Waals surface area contributed by atoms with Crippen LogP contribution in [0.25, 0.3) is 10.8 Å². The lowest BCUT2D eigenvalue weighted by Crippen LogP contribution is -2.37. The first-order valence-electron chi connectivity index (χ1n) is 12.1. The molecule has 0 amide bonds. The summed E-state index contributed by atoms with van der Waals surface area (Å²) in [6, 6.07) is 27.4. The van der Waals surface area contributed by atoms with Gasteiger partial charge in [-0.3, -0.25) is 0 Å². The van der Waals surface area contributed by atoms with E-state index >= 15 is 0 Å². The summed E-state index contributed by atoms with van der Waals surface area (Å²) in [4.78, 5) is 10.9. The SMILES string of the molecule is C[C@@H](NC[C@H]1C[C@H](c2ccc(F)c(OCC(=O)O)c2)c2ccccc2O1)c1cccc2ccccc12.Cl. The smallest absolute Gasteiger partial charge is 0.341 e. The van der Waals surface area contributed by atoms with Crippen molar-refractivity contribution in [3.63, 3.8) is 0 Å². The summed E-state index contributed by atoms with van der Waals surface area (Å²) in [6.45, 7) is 2.20. The van der Waals surface area contributed by atoms with E-state index < -0.39 is 18.4 Å². The van der Waals surface area contributed by atoms with Crippen molar-refractivity contribution >= 4 is 29.1 Å². The first-order chi connectivity index (χ1) is 17.5. The van der Waals surface area contributed by atoms with Gasteiger partial charge in [-0.2, -0.15) is 0 Å². The van der Waals surface area contributed by atoms with Gasteiger partial charge < -0.3 is 19.9 Å². The summed E-state index contributed by atoms with van der Waals surface area (Å²) in [5, 5.41) is 15.0. The zero-order valence-electron chi connectivity index (χ0n) is 20.4. The molecular formula is C30H29ClFNO4. The molecule has 0 fully saturated rings. The lowest BCUT2D eigenvalue weighted by Gasteiger charge is -2.33. The van der Waals surface area contributed by atoms with Gasteiger partial charge in [0.05, 0.1) is 0 Å². The van der Waals surface area contributed by atoms with Crippen molar-refractivity contribution in [1.29, 1.82) is 0 Å². The fourth-order valence-corrected chi connectivity index (χ4v) is 4.97. The Bertz CT molecular complexity index is 1390. The van der Waals surface area contributed by atoms with Gasteiger partial charge in [-0.15, -0.1) is 12.4 Å². The molecule has 1 heterocycles. The molecule has 0 radical (unpaired) electrons. The average molecular weight is 522 g/mol. The number of benzene rings is 4. The monoisotopic (exact) mass is 521 g/mol. The third kappa shape index (κ3) is 5.87. The number of aliphatic carboxylic acids is 1. The van der Waals surface area contributed by atoms with Crippen LogP contribution >= 0.6 is 12.4 Å². The largest absolute Gasteiger partial charge is 0.489 e. The predicted molar refractivity (Wildman–Crippen MR) is 144 cm³/mol. The molecule has 0 saturated heterocycles. The number of rotatable bonds is 8. The highest BCUT2D eigenvalue weighted by atomic mass is 35.5. The molecule has 4 aromatic rings. The molecule has 0 spiro atoms. The molecule has 192 valence electrons. The maximum atomic E-state index is 14.3. The number of hydrogen-bond donors (Lipinski definition) is 2. The van der Waals surface area contributed by atoms with Gasteiger partial charge in [-0.25, -0.2) is 9.18 Å². The topological polar surface area (TPSA) is 67.8 Å². The maximum absolute atomic E-state index is 14.3. The van der Waals surface area contributed by atoms with Crippen LogP contribution in [0.3, 0.4) is 0 Å². The predicted octanol–water partition coefficient (Wildman–Crippen LogP) is 6.50. The Balaban J connectivity index is 0.00000320. The van der Waals surface area contributed by atoms with E-state index in [0.29, 0.717) is 13.0 Å². The minimum Gasteiger partial charge on any atom is -0.489 e. The van der Waals surface area contributed by atoms with E-state index in [9.17, 15) is 9.18 Å².